The first-order valence-electron chi connectivity index (χ1n) is 12.0. The molecular formula is C28H33N3O3. The lowest BCUT2D eigenvalue weighted by molar-refractivity contribution is -0.128. The van der Waals surface area contributed by atoms with E-state index in [1.54, 1.807) is 14.0 Å². The van der Waals surface area contributed by atoms with Crippen LogP contribution < -0.4 is 20.3 Å². The van der Waals surface area contributed by atoms with Crippen LogP contribution in [0.1, 0.15) is 37.8 Å². The van der Waals surface area contributed by atoms with Gasteiger partial charge in [-0.3, -0.25) is 9.59 Å². The molecular weight excluding hydrogens is 426 g/mol. The number of aryl methyl sites for hydroxylation is 1. The maximum Gasteiger partial charge on any atom is 0.249 e. The fraction of sp³-hybridized carbons (Fsp3) is 0.357. The fourth-order valence-electron chi connectivity index (χ4n) is 4.42. The Hall–Kier alpha value is -3.38. The van der Waals surface area contributed by atoms with Gasteiger partial charge in [0.15, 0.2) is 0 Å². The number of likely N-dealkylation sites (N-methyl/N-ethyl adjacent to an activating group) is 1. The lowest BCUT2D eigenvalue weighted by atomic mass is 10.0. The van der Waals surface area contributed by atoms with Gasteiger partial charge >= 0.3 is 0 Å². The quantitative estimate of drug-likeness (QED) is 0.530. The average molecular weight is 460 g/mol. The second-order valence-electron chi connectivity index (χ2n) is 8.78. The molecule has 0 bridgehead atoms. The molecule has 0 fully saturated rings. The monoisotopic (exact) mass is 459 g/mol. The van der Waals surface area contributed by atoms with Crippen molar-refractivity contribution in [2.24, 2.45) is 0 Å². The van der Waals surface area contributed by atoms with E-state index in [0.29, 0.717) is 26.0 Å². The van der Waals surface area contributed by atoms with Gasteiger partial charge < -0.3 is 20.3 Å². The summed E-state index contributed by atoms with van der Waals surface area (Å²) < 4.78 is 6.11. The van der Waals surface area contributed by atoms with E-state index in [1.165, 1.54) is 0 Å². The Morgan fingerprint density at radius 2 is 1.88 bits per heavy atom. The highest BCUT2D eigenvalue weighted by atomic mass is 16.5. The first-order chi connectivity index (χ1) is 16.5. The highest BCUT2D eigenvalue weighted by molar-refractivity contribution is 6.01. The molecule has 0 saturated carbocycles. The molecule has 1 heterocycles. The minimum atomic E-state index is -0.592. The van der Waals surface area contributed by atoms with Crippen molar-refractivity contribution in [2.75, 3.05) is 18.6 Å². The van der Waals surface area contributed by atoms with Crippen LogP contribution in [-0.4, -0.2) is 37.6 Å². The SMILES string of the molecule is CCCOc1ccc2ccccc2c1CN1C(=O)C(NC(=O)[C@H](C)NC)CCc2ccccc21. The summed E-state index contributed by atoms with van der Waals surface area (Å²) in [5.74, 6) is 0.513. The Balaban J connectivity index is 1.76. The minimum Gasteiger partial charge on any atom is -0.493 e. The van der Waals surface area contributed by atoms with E-state index >= 15 is 0 Å². The fourth-order valence-corrected chi connectivity index (χ4v) is 4.42. The number of para-hydroxylation sites is 1. The third-order valence-corrected chi connectivity index (χ3v) is 6.47. The van der Waals surface area contributed by atoms with Crippen molar-refractivity contribution in [1.29, 1.82) is 0 Å². The molecule has 1 unspecified atom stereocenters. The van der Waals surface area contributed by atoms with Crippen molar-refractivity contribution in [3.8, 4) is 5.75 Å². The maximum atomic E-state index is 13.9. The van der Waals surface area contributed by atoms with Crippen LogP contribution in [0, 0.1) is 0 Å². The zero-order valence-electron chi connectivity index (χ0n) is 20.1. The topological polar surface area (TPSA) is 70.7 Å². The third-order valence-electron chi connectivity index (χ3n) is 6.47. The van der Waals surface area contributed by atoms with E-state index in [1.807, 2.05) is 41.3 Å². The number of anilines is 1. The second kappa shape index (κ2) is 10.7. The van der Waals surface area contributed by atoms with E-state index in [-0.39, 0.29) is 17.9 Å². The summed E-state index contributed by atoms with van der Waals surface area (Å²) in [6, 6.07) is 19.3. The zero-order valence-corrected chi connectivity index (χ0v) is 20.1. The molecule has 0 saturated heterocycles. The molecule has 2 atom stereocenters. The van der Waals surface area contributed by atoms with Gasteiger partial charge in [-0.2, -0.15) is 0 Å². The van der Waals surface area contributed by atoms with Gasteiger partial charge in [-0.05, 0) is 61.7 Å². The first-order valence-corrected chi connectivity index (χ1v) is 12.0. The number of hydrogen-bond acceptors (Lipinski definition) is 4. The number of ether oxygens (including phenoxy) is 1. The van der Waals surface area contributed by atoms with Gasteiger partial charge in [0.2, 0.25) is 11.8 Å². The largest absolute Gasteiger partial charge is 0.493 e. The number of carbonyl (C=O) groups excluding carboxylic acids is 2. The van der Waals surface area contributed by atoms with Crippen molar-refractivity contribution >= 4 is 28.3 Å². The van der Waals surface area contributed by atoms with Crippen LogP contribution in [0.25, 0.3) is 10.8 Å². The normalized spacial score (nSPS) is 16.6. The van der Waals surface area contributed by atoms with E-state index in [2.05, 4.69) is 41.8 Å². The molecule has 34 heavy (non-hydrogen) atoms. The van der Waals surface area contributed by atoms with Gasteiger partial charge in [0.1, 0.15) is 11.8 Å². The summed E-state index contributed by atoms with van der Waals surface area (Å²) in [6.07, 6.45) is 2.17. The number of fused-ring (bicyclic) bond motifs is 2. The van der Waals surface area contributed by atoms with Gasteiger partial charge in [0.05, 0.1) is 19.2 Å². The lowest BCUT2D eigenvalue weighted by Crippen LogP contribution is -2.52. The molecule has 6 heteroatoms. The molecule has 0 aliphatic carbocycles. The highest BCUT2D eigenvalue weighted by Gasteiger charge is 2.33. The Morgan fingerprint density at radius 3 is 2.68 bits per heavy atom. The smallest absolute Gasteiger partial charge is 0.249 e. The van der Waals surface area contributed by atoms with Gasteiger partial charge in [0.25, 0.3) is 0 Å². The lowest BCUT2D eigenvalue weighted by Gasteiger charge is -2.28. The van der Waals surface area contributed by atoms with E-state index < -0.39 is 6.04 Å². The van der Waals surface area contributed by atoms with Crippen molar-refractivity contribution in [1.82, 2.24) is 10.6 Å². The zero-order chi connectivity index (χ0) is 24.1. The van der Waals surface area contributed by atoms with E-state index in [9.17, 15) is 9.59 Å². The molecule has 0 aromatic heterocycles. The third kappa shape index (κ3) is 4.92. The summed E-state index contributed by atoms with van der Waals surface area (Å²) in [7, 11) is 1.74. The molecule has 4 rings (SSSR count). The predicted octanol–water partition coefficient (Wildman–Crippen LogP) is 4.20. The van der Waals surface area contributed by atoms with Gasteiger partial charge in [-0.1, -0.05) is 55.5 Å². The van der Waals surface area contributed by atoms with Crippen molar-refractivity contribution in [3.63, 3.8) is 0 Å². The van der Waals surface area contributed by atoms with Crippen LogP contribution in [-0.2, 0) is 22.6 Å². The molecule has 178 valence electrons. The number of carbonyl (C=O) groups is 2. The number of amides is 2. The summed E-state index contributed by atoms with van der Waals surface area (Å²) in [5.41, 5.74) is 2.97. The molecule has 1 aliphatic heterocycles. The van der Waals surface area contributed by atoms with Crippen LogP contribution in [0.4, 0.5) is 5.69 Å². The molecule has 0 radical (unpaired) electrons. The number of nitrogens with zero attached hydrogens (tertiary/aromatic N) is 1. The van der Waals surface area contributed by atoms with E-state index in [0.717, 1.165) is 39.8 Å². The molecule has 1 aliphatic rings. The Kier molecular flexibility index (Phi) is 7.48. The van der Waals surface area contributed by atoms with Crippen LogP contribution in [0.5, 0.6) is 5.75 Å². The van der Waals surface area contributed by atoms with Gasteiger partial charge in [0, 0.05) is 11.3 Å². The number of benzene rings is 3. The van der Waals surface area contributed by atoms with Crippen LogP contribution in [0.2, 0.25) is 0 Å². The molecule has 3 aromatic carbocycles. The van der Waals surface area contributed by atoms with Crippen molar-refractivity contribution in [2.45, 2.75) is 51.7 Å². The van der Waals surface area contributed by atoms with Gasteiger partial charge in [-0.15, -0.1) is 0 Å². The molecule has 3 aromatic rings. The highest BCUT2D eigenvalue weighted by Crippen LogP contribution is 2.34. The Labute approximate surface area is 201 Å². The molecule has 0 spiro atoms. The average Bonchev–Trinajstić information content (AvgIpc) is 2.99. The number of rotatable bonds is 8. The van der Waals surface area contributed by atoms with Crippen LogP contribution in [0.3, 0.4) is 0 Å². The summed E-state index contributed by atoms with van der Waals surface area (Å²) in [5, 5.41) is 8.09. The van der Waals surface area contributed by atoms with Crippen molar-refractivity contribution in [3.05, 3.63) is 71.8 Å². The number of nitrogens with one attached hydrogen (secondary N) is 2. The van der Waals surface area contributed by atoms with Crippen LogP contribution in [0.15, 0.2) is 60.7 Å². The summed E-state index contributed by atoms with van der Waals surface area (Å²) >= 11 is 0. The predicted molar refractivity (Wildman–Crippen MR) is 136 cm³/mol. The molecule has 6 nitrogen and oxygen atoms in total. The second-order valence-corrected chi connectivity index (χ2v) is 8.78. The number of hydrogen-bond donors (Lipinski definition) is 2. The summed E-state index contributed by atoms with van der Waals surface area (Å²) in [6.45, 7) is 4.84. The molecule has 2 amide bonds. The van der Waals surface area contributed by atoms with Crippen LogP contribution >= 0.6 is 0 Å². The van der Waals surface area contributed by atoms with Gasteiger partial charge in [-0.25, -0.2) is 0 Å². The molecule has 2 N–H and O–H groups in total. The maximum absolute atomic E-state index is 13.9. The minimum absolute atomic E-state index is 0.101. The first kappa shape index (κ1) is 23.8. The Bertz CT molecular complexity index is 1180. The van der Waals surface area contributed by atoms with Crippen molar-refractivity contribution < 1.29 is 14.3 Å². The standard InChI is InChI=1S/C28H33N3O3/c1-4-17-34-26-16-14-20-9-5-7-11-22(20)23(26)18-31-25-12-8-6-10-21(25)13-15-24(28(31)33)30-27(32)19(2)29-3/h5-12,14,16,19,24,29H,4,13,15,17-18H2,1-3H3,(H,30,32)/t19-,24?/m0/s1. The van der Waals surface area contributed by atoms with E-state index in [4.69, 9.17) is 4.74 Å². The Morgan fingerprint density at radius 1 is 1.12 bits per heavy atom. The summed E-state index contributed by atoms with van der Waals surface area (Å²) in [4.78, 5) is 28.3.